The first-order chi connectivity index (χ1) is 11.6. The number of ether oxygens (including phenoxy) is 1. The summed E-state index contributed by atoms with van der Waals surface area (Å²) in [7, 11) is 3.98. The molecule has 0 bridgehead atoms. The molecule has 24 heavy (non-hydrogen) atoms. The molecular weight excluding hydrogens is 304 g/mol. The Morgan fingerprint density at radius 2 is 2.21 bits per heavy atom. The molecule has 2 aromatic rings. The lowest BCUT2D eigenvalue weighted by atomic mass is 10.2. The summed E-state index contributed by atoms with van der Waals surface area (Å²) in [5, 5.41) is 3.34. The van der Waals surface area contributed by atoms with Crippen molar-refractivity contribution in [2.75, 3.05) is 37.5 Å². The summed E-state index contributed by atoms with van der Waals surface area (Å²) in [5.41, 5.74) is 2.88. The van der Waals surface area contributed by atoms with Crippen molar-refractivity contribution in [2.24, 2.45) is 0 Å². The van der Waals surface area contributed by atoms with Crippen molar-refractivity contribution in [3.63, 3.8) is 0 Å². The molecule has 1 N–H and O–H groups in total. The molecule has 1 unspecified atom stereocenters. The number of aromatic nitrogens is 4. The van der Waals surface area contributed by atoms with Crippen molar-refractivity contribution in [1.29, 1.82) is 0 Å². The molecule has 7 heteroatoms. The number of rotatable bonds is 5. The molecule has 130 valence electrons. The molecule has 0 aromatic carbocycles. The highest BCUT2D eigenvalue weighted by molar-refractivity contribution is 5.85. The fourth-order valence-corrected chi connectivity index (χ4v) is 2.89. The second-order valence-electron chi connectivity index (χ2n) is 6.55. The zero-order chi connectivity index (χ0) is 17.1. The van der Waals surface area contributed by atoms with E-state index in [2.05, 4.69) is 39.8 Å². The Labute approximate surface area is 142 Å². The van der Waals surface area contributed by atoms with Gasteiger partial charge in [0.1, 0.15) is 12.6 Å². The second-order valence-corrected chi connectivity index (χ2v) is 6.55. The van der Waals surface area contributed by atoms with E-state index in [-0.39, 0.29) is 6.23 Å². The largest absolute Gasteiger partial charge is 0.365 e. The van der Waals surface area contributed by atoms with Crippen LogP contribution < -0.4 is 10.2 Å². The van der Waals surface area contributed by atoms with Crippen LogP contribution in [-0.2, 0) is 4.74 Å². The SMILES string of the molecule is CC(C)=CCNc1ncnc2c1nc(N(C)C)n2C1CCCCO1. The monoisotopic (exact) mass is 330 g/mol. The summed E-state index contributed by atoms with van der Waals surface area (Å²) in [6.45, 7) is 5.67. The summed E-state index contributed by atoms with van der Waals surface area (Å²) in [4.78, 5) is 15.7. The Hall–Kier alpha value is -2.15. The predicted molar refractivity (Wildman–Crippen MR) is 96.4 cm³/mol. The first-order valence-electron chi connectivity index (χ1n) is 8.47. The van der Waals surface area contributed by atoms with E-state index in [0.717, 1.165) is 55.3 Å². The second kappa shape index (κ2) is 7.17. The van der Waals surface area contributed by atoms with E-state index in [9.17, 15) is 0 Å². The maximum absolute atomic E-state index is 5.98. The quantitative estimate of drug-likeness (QED) is 0.850. The fourth-order valence-electron chi connectivity index (χ4n) is 2.89. The van der Waals surface area contributed by atoms with E-state index in [1.165, 1.54) is 5.57 Å². The molecular formula is C17H26N6O. The van der Waals surface area contributed by atoms with E-state index < -0.39 is 0 Å². The van der Waals surface area contributed by atoms with E-state index in [4.69, 9.17) is 9.72 Å². The van der Waals surface area contributed by atoms with Gasteiger partial charge < -0.3 is 15.0 Å². The minimum Gasteiger partial charge on any atom is -0.365 e. The van der Waals surface area contributed by atoms with Crippen molar-refractivity contribution in [3.05, 3.63) is 18.0 Å². The number of hydrogen-bond donors (Lipinski definition) is 1. The Kier molecular flexibility index (Phi) is 4.99. The lowest BCUT2D eigenvalue weighted by Crippen LogP contribution is -2.23. The van der Waals surface area contributed by atoms with Crippen LogP contribution in [0.4, 0.5) is 11.8 Å². The summed E-state index contributed by atoms with van der Waals surface area (Å²) in [6.07, 6.45) is 6.97. The van der Waals surface area contributed by atoms with Crippen molar-refractivity contribution < 1.29 is 4.74 Å². The topological polar surface area (TPSA) is 68.1 Å². The Bertz CT molecular complexity index is 726. The van der Waals surface area contributed by atoms with Crippen LogP contribution in [0.15, 0.2) is 18.0 Å². The van der Waals surface area contributed by atoms with Gasteiger partial charge >= 0.3 is 0 Å². The molecule has 3 rings (SSSR count). The summed E-state index contributed by atoms with van der Waals surface area (Å²) in [6, 6.07) is 0. The number of fused-ring (bicyclic) bond motifs is 1. The maximum atomic E-state index is 5.98. The van der Waals surface area contributed by atoms with E-state index in [0.29, 0.717) is 0 Å². The molecule has 0 saturated carbocycles. The zero-order valence-electron chi connectivity index (χ0n) is 14.9. The third kappa shape index (κ3) is 3.36. The highest BCUT2D eigenvalue weighted by atomic mass is 16.5. The van der Waals surface area contributed by atoms with Crippen LogP contribution in [0.2, 0.25) is 0 Å². The number of nitrogens with zero attached hydrogens (tertiary/aromatic N) is 5. The van der Waals surface area contributed by atoms with Crippen LogP contribution >= 0.6 is 0 Å². The summed E-state index contributed by atoms with van der Waals surface area (Å²) >= 11 is 0. The first kappa shape index (κ1) is 16.7. The molecule has 0 radical (unpaired) electrons. The van der Waals surface area contributed by atoms with E-state index in [1.54, 1.807) is 6.33 Å². The van der Waals surface area contributed by atoms with Crippen LogP contribution in [0.1, 0.15) is 39.3 Å². The molecule has 1 saturated heterocycles. The van der Waals surface area contributed by atoms with Gasteiger partial charge in [-0.05, 0) is 33.1 Å². The zero-order valence-corrected chi connectivity index (χ0v) is 14.9. The van der Waals surface area contributed by atoms with Crippen molar-refractivity contribution >= 4 is 22.9 Å². The molecule has 1 aliphatic heterocycles. The fraction of sp³-hybridized carbons (Fsp3) is 0.588. The first-order valence-corrected chi connectivity index (χ1v) is 8.47. The van der Waals surface area contributed by atoms with Gasteiger partial charge in [0, 0.05) is 27.2 Å². The van der Waals surface area contributed by atoms with Gasteiger partial charge in [-0.25, -0.2) is 15.0 Å². The third-order valence-electron chi connectivity index (χ3n) is 4.08. The Balaban J connectivity index is 2.02. The van der Waals surface area contributed by atoms with E-state index >= 15 is 0 Å². The summed E-state index contributed by atoms with van der Waals surface area (Å²) in [5.74, 6) is 1.61. The average molecular weight is 330 g/mol. The van der Waals surface area contributed by atoms with Crippen molar-refractivity contribution in [3.8, 4) is 0 Å². The van der Waals surface area contributed by atoms with Gasteiger partial charge in [0.05, 0.1) is 0 Å². The molecule has 1 atom stereocenters. The highest BCUT2D eigenvalue weighted by Gasteiger charge is 2.25. The third-order valence-corrected chi connectivity index (χ3v) is 4.08. The van der Waals surface area contributed by atoms with Gasteiger partial charge in [-0.1, -0.05) is 11.6 Å². The van der Waals surface area contributed by atoms with Gasteiger partial charge in [-0.2, -0.15) is 0 Å². The minimum atomic E-state index is -0.0123. The smallest absolute Gasteiger partial charge is 0.209 e. The molecule has 0 aliphatic carbocycles. The molecule has 1 fully saturated rings. The van der Waals surface area contributed by atoms with Gasteiger partial charge in [0.25, 0.3) is 0 Å². The molecule has 0 amide bonds. The Morgan fingerprint density at radius 3 is 2.88 bits per heavy atom. The van der Waals surface area contributed by atoms with Gasteiger partial charge in [-0.15, -0.1) is 0 Å². The van der Waals surface area contributed by atoms with Gasteiger partial charge in [-0.3, -0.25) is 4.57 Å². The average Bonchev–Trinajstić information content (AvgIpc) is 2.96. The van der Waals surface area contributed by atoms with Gasteiger partial charge in [0.15, 0.2) is 17.0 Å². The normalized spacial score (nSPS) is 17.8. The summed E-state index contributed by atoms with van der Waals surface area (Å²) < 4.78 is 8.08. The lowest BCUT2D eigenvalue weighted by Gasteiger charge is -2.26. The van der Waals surface area contributed by atoms with Crippen LogP contribution in [0.25, 0.3) is 11.2 Å². The standard InChI is InChI=1S/C17H26N6O/c1-12(2)8-9-18-15-14-16(20-11-19-15)23(17(21-14)22(3)4)13-7-5-6-10-24-13/h8,11,13H,5-7,9-10H2,1-4H3,(H,18,19,20). The number of imidazole rings is 1. The lowest BCUT2D eigenvalue weighted by molar-refractivity contribution is -0.0288. The van der Waals surface area contributed by atoms with Gasteiger partial charge in [0.2, 0.25) is 5.95 Å². The Morgan fingerprint density at radius 1 is 1.38 bits per heavy atom. The number of hydrogen-bond acceptors (Lipinski definition) is 6. The molecule has 1 aliphatic rings. The predicted octanol–water partition coefficient (Wildman–Crippen LogP) is 2.97. The van der Waals surface area contributed by atoms with Crippen molar-refractivity contribution in [1.82, 2.24) is 19.5 Å². The van der Waals surface area contributed by atoms with Crippen LogP contribution in [-0.4, -0.2) is 46.8 Å². The van der Waals surface area contributed by atoms with Crippen LogP contribution in [0.3, 0.4) is 0 Å². The van der Waals surface area contributed by atoms with Crippen molar-refractivity contribution in [2.45, 2.75) is 39.3 Å². The van der Waals surface area contributed by atoms with E-state index in [1.807, 2.05) is 19.0 Å². The molecule has 0 spiro atoms. The highest BCUT2D eigenvalue weighted by Crippen LogP contribution is 2.32. The molecule has 7 nitrogen and oxygen atoms in total. The number of nitrogens with one attached hydrogen (secondary N) is 1. The molecule has 3 heterocycles. The van der Waals surface area contributed by atoms with Crippen LogP contribution in [0.5, 0.6) is 0 Å². The number of allylic oxidation sites excluding steroid dienone is 1. The van der Waals surface area contributed by atoms with Crippen LogP contribution in [0, 0.1) is 0 Å². The number of anilines is 2. The minimum absolute atomic E-state index is 0.0123. The molecule has 2 aromatic heterocycles. The maximum Gasteiger partial charge on any atom is 0.209 e.